The molecule has 0 unspecified atom stereocenters. The number of aromatic nitrogens is 1. The van der Waals surface area contributed by atoms with Crippen LogP contribution in [0.5, 0.6) is 0 Å². The molecule has 1 atom stereocenters. The number of carbonyl (C=O) groups is 2. The molecule has 2 aliphatic heterocycles. The summed E-state index contributed by atoms with van der Waals surface area (Å²) in [6.45, 7) is 3.65. The first-order valence-corrected chi connectivity index (χ1v) is 14.0. The van der Waals surface area contributed by atoms with Crippen molar-refractivity contribution in [2.45, 2.75) is 44.6 Å². The summed E-state index contributed by atoms with van der Waals surface area (Å²) >= 11 is 6.26. The zero-order chi connectivity index (χ0) is 26.1. The molecule has 6 rings (SSSR count). The third-order valence-electron chi connectivity index (χ3n) is 8.71. The quantitative estimate of drug-likeness (QED) is 0.473. The van der Waals surface area contributed by atoms with Gasteiger partial charge in [-0.05, 0) is 91.5 Å². The van der Waals surface area contributed by atoms with Gasteiger partial charge in [0.05, 0.1) is 16.6 Å². The Morgan fingerprint density at radius 2 is 1.74 bits per heavy atom. The number of hydrogen-bond donors (Lipinski definition) is 1. The zero-order valence-corrected chi connectivity index (χ0v) is 22.3. The van der Waals surface area contributed by atoms with Crippen molar-refractivity contribution in [2.75, 3.05) is 31.1 Å². The Hall–Kier alpha value is -3.38. The van der Waals surface area contributed by atoms with Crippen LogP contribution in [-0.4, -0.2) is 47.9 Å². The van der Waals surface area contributed by atoms with Gasteiger partial charge in [0.1, 0.15) is 0 Å². The third-order valence-corrected chi connectivity index (χ3v) is 9.04. The highest BCUT2D eigenvalue weighted by Crippen LogP contribution is 2.42. The van der Waals surface area contributed by atoms with Crippen LogP contribution in [0.25, 0.3) is 0 Å². The highest BCUT2D eigenvalue weighted by Gasteiger charge is 2.42. The number of halogens is 1. The Kier molecular flexibility index (Phi) is 6.83. The Morgan fingerprint density at radius 3 is 2.53 bits per heavy atom. The van der Waals surface area contributed by atoms with Crippen LogP contribution in [0, 0.1) is 5.41 Å². The molecule has 2 fully saturated rings. The fraction of sp³-hybridized carbons (Fsp3) is 0.387. The molecule has 1 aromatic heterocycles. The van der Waals surface area contributed by atoms with Crippen LogP contribution in [-0.2, 0) is 6.42 Å². The van der Waals surface area contributed by atoms with E-state index in [1.165, 1.54) is 11.3 Å². The van der Waals surface area contributed by atoms with Gasteiger partial charge in [0, 0.05) is 49.8 Å². The number of likely N-dealkylation sites (tertiary alicyclic amines) is 1. The topological polar surface area (TPSA) is 65.5 Å². The van der Waals surface area contributed by atoms with E-state index in [1.807, 2.05) is 41.6 Å². The molecule has 0 saturated carbocycles. The van der Waals surface area contributed by atoms with Crippen LogP contribution in [0.4, 0.5) is 5.69 Å². The van der Waals surface area contributed by atoms with E-state index in [9.17, 15) is 9.59 Å². The van der Waals surface area contributed by atoms with Gasteiger partial charge in [-0.1, -0.05) is 29.8 Å². The number of piperidine rings is 1. The summed E-state index contributed by atoms with van der Waals surface area (Å²) in [5.41, 5.74) is 4.89. The highest BCUT2D eigenvalue weighted by molar-refractivity contribution is 6.33. The number of benzene rings is 2. The van der Waals surface area contributed by atoms with Crippen LogP contribution in [0.2, 0.25) is 5.02 Å². The molecule has 0 radical (unpaired) electrons. The summed E-state index contributed by atoms with van der Waals surface area (Å²) < 4.78 is 0. The maximum atomic E-state index is 13.6. The van der Waals surface area contributed by atoms with Crippen LogP contribution < -0.4 is 10.2 Å². The molecule has 1 aliphatic carbocycles. The molecule has 3 aromatic rings. The number of hydrogen-bond acceptors (Lipinski definition) is 4. The number of aryl methyl sites for hydroxylation is 1. The molecule has 1 N–H and O–H groups in total. The van der Waals surface area contributed by atoms with Gasteiger partial charge in [-0.15, -0.1) is 0 Å². The summed E-state index contributed by atoms with van der Waals surface area (Å²) in [4.78, 5) is 35.2. The second kappa shape index (κ2) is 10.4. The zero-order valence-electron chi connectivity index (χ0n) is 21.5. The Morgan fingerprint density at radius 1 is 0.974 bits per heavy atom. The first-order valence-electron chi connectivity index (χ1n) is 13.6. The van der Waals surface area contributed by atoms with E-state index in [2.05, 4.69) is 33.4 Å². The molecule has 6 nitrogen and oxygen atoms in total. The second-order valence-corrected chi connectivity index (χ2v) is 11.4. The van der Waals surface area contributed by atoms with E-state index in [0.717, 1.165) is 70.3 Å². The average molecular weight is 529 g/mol. The fourth-order valence-electron chi connectivity index (χ4n) is 6.46. The van der Waals surface area contributed by atoms with Gasteiger partial charge in [-0.2, -0.15) is 0 Å². The lowest BCUT2D eigenvalue weighted by Crippen LogP contribution is -2.42. The summed E-state index contributed by atoms with van der Waals surface area (Å²) in [6.07, 6.45) is 9.76. The van der Waals surface area contributed by atoms with Crippen LogP contribution in [0.15, 0.2) is 67.0 Å². The van der Waals surface area contributed by atoms with E-state index >= 15 is 0 Å². The van der Waals surface area contributed by atoms with E-state index in [-0.39, 0.29) is 23.3 Å². The maximum Gasteiger partial charge on any atom is 0.253 e. The van der Waals surface area contributed by atoms with Gasteiger partial charge < -0.3 is 15.1 Å². The summed E-state index contributed by atoms with van der Waals surface area (Å²) in [6, 6.07) is 17.2. The smallest absolute Gasteiger partial charge is 0.253 e. The standard InChI is InChI=1S/C31H33ClN4O2/c32-27-6-2-1-5-25(27)29(37)34-28-7-3-4-22-8-9-23(20-26(22)28)30(38)36-19-14-31(21-36)12-17-35(18-13-31)24-10-15-33-16-11-24/h1-2,5-6,8-11,15-16,20,28H,3-4,7,12-14,17-19,21H2,(H,34,37)/t28-/m1/s1. The van der Waals surface area contributed by atoms with Crippen molar-refractivity contribution in [1.82, 2.24) is 15.2 Å². The van der Waals surface area contributed by atoms with Crippen molar-refractivity contribution in [3.8, 4) is 0 Å². The Balaban J connectivity index is 1.14. The number of carbonyl (C=O) groups excluding carboxylic acids is 2. The van der Waals surface area contributed by atoms with E-state index in [4.69, 9.17) is 11.6 Å². The second-order valence-electron chi connectivity index (χ2n) is 11.0. The lowest BCUT2D eigenvalue weighted by molar-refractivity contribution is 0.0764. The van der Waals surface area contributed by atoms with E-state index in [0.29, 0.717) is 16.1 Å². The molecule has 2 amide bonds. The summed E-state index contributed by atoms with van der Waals surface area (Å²) in [5, 5.41) is 3.62. The minimum Gasteiger partial charge on any atom is -0.371 e. The van der Waals surface area contributed by atoms with Crippen molar-refractivity contribution in [3.05, 3.63) is 94.3 Å². The predicted molar refractivity (Wildman–Crippen MR) is 150 cm³/mol. The van der Waals surface area contributed by atoms with Crippen molar-refractivity contribution >= 4 is 29.1 Å². The molecule has 0 bridgehead atoms. The first-order chi connectivity index (χ1) is 18.5. The van der Waals surface area contributed by atoms with Gasteiger partial charge in [0.2, 0.25) is 0 Å². The predicted octanol–water partition coefficient (Wildman–Crippen LogP) is 5.68. The molecule has 1 spiro atoms. The number of rotatable bonds is 4. The largest absolute Gasteiger partial charge is 0.371 e. The lowest BCUT2D eigenvalue weighted by Gasteiger charge is -2.40. The number of amides is 2. The van der Waals surface area contributed by atoms with Gasteiger partial charge >= 0.3 is 0 Å². The van der Waals surface area contributed by atoms with Gasteiger partial charge in [0.15, 0.2) is 0 Å². The molecule has 2 aromatic carbocycles. The first kappa shape index (κ1) is 24.9. The van der Waals surface area contributed by atoms with Crippen LogP contribution in [0.1, 0.15) is 70.0 Å². The van der Waals surface area contributed by atoms with Crippen LogP contribution in [0.3, 0.4) is 0 Å². The molecular weight excluding hydrogens is 496 g/mol. The molecule has 2 saturated heterocycles. The number of anilines is 1. The molecule has 3 aliphatic rings. The summed E-state index contributed by atoms with van der Waals surface area (Å²) in [5.74, 6) is -0.0761. The average Bonchev–Trinajstić information content (AvgIpc) is 3.37. The minimum absolute atomic E-state index is 0.1000. The SMILES string of the molecule is O=C(N[C@@H]1CCCc2ccc(C(=O)N3CCC4(CCN(c5ccncc5)CC4)C3)cc21)c1ccccc1Cl. The third kappa shape index (κ3) is 4.90. The highest BCUT2D eigenvalue weighted by atomic mass is 35.5. The van der Waals surface area contributed by atoms with Crippen molar-refractivity contribution in [1.29, 1.82) is 0 Å². The normalized spacial score (nSPS) is 20.3. The minimum atomic E-state index is -0.176. The molecule has 7 heteroatoms. The van der Waals surface area contributed by atoms with Gasteiger partial charge in [-0.3, -0.25) is 14.6 Å². The van der Waals surface area contributed by atoms with E-state index < -0.39 is 0 Å². The molecular formula is C31H33ClN4O2. The fourth-order valence-corrected chi connectivity index (χ4v) is 6.68. The maximum absolute atomic E-state index is 13.6. The number of fused-ring (bicyclic) bond motifs is 1. The summed E-state index contributed by atoms with van der Waals surface area (Å²) in [7, 11) is 0. The Bertz CT molecular complexity index is 1340. The van der Waals surface area contributed by atoms with Gasteiger partial charge in [-0.25, -0.2) is 0 Å². The molecule has 38 heavy (non-hydrogen) atoms. The molecule has 196 valence electrons. The van der Waals surface area contributed by atoms with E-state index in [1.54, 1.807) is 12.1 Å². The van der Waals surface area contributed by atoms with Crippen molar-refractivity contribution in [3.63, 3.8) is 0 Å². The van der Waals surface area contributed by atoms with Gasteiger partial charge in [0.25, 0.3) is 11.8 Å². The number of nitrogens with one attached hydrogen (secondary N) is 1. The lowest BCUT2D eigenvalue weighted by atomic mass is 9.77. The number of nitrogens with zero attached hydrogens (tertiary/aromatic N) is 3. The Labute approximate surface area is 229 Å². The number of pyridine rings is 1. The monoisotopic (exact) mass is 528 g/mol. The van der Waals surface area contributed by atoms with Crippen LogP contribution >= 0.6 is 11.6 Å². The van der Waals surface area contributed by atoms with Crippen molar-refractivity contribution in [2.24, 2.45) is 5.41 Å². The molecule has 3 heterocycles. The van der Waals surface area contributed by atoms with Crippen molar-refractivity contribution < 1.29 is 9.59 Å².